The van der Waals surface area contributed by atoms with E-state index in [2.05, 4.69) is 37.9 Å². The van der Waals surface area contributed by atoms with Crippen LogP contribution >= 0.6 is 11.6 Å². The molecule has 0 bridgehead atoms. The molecule has 0 aromatic heterocycles. The zero-order chi connectivity index (χ0) is 28.7. The molecular weight excluding hydrogens is 542 g/mol. The molecule has 0 radical (unpaired) electrons. The van der Waals surface area contributed by atoms with Crippen molar-refractivity contribution in [3.63, 3.8) is 0 Å². The summed E-state index contributed by atoms with van der Waals surface area (Å²) < 4.78 is 24.4. The van der Waals surface area contributed by atoms with E-state index in [4.69, 9.17) is 21.1 Å². The highest BCUT2D eigenvalue weighted by atomic mass is 35.5. The van der Waals surface area contributed by atoms with Gasteiger partial charge in [0.2, 0.25) is 0 Å². The molecule has 1 unspecified atom stereocenters. The Morgan fingerprint density at radius 1 is 1.03 bits per heavy atom. The van der Waals surface area contributed by atoms with Crippen molar-refractivity contribution < 1.29 is 23.4 Å². The summed E-state index contributed by atoms with van der Waals surface area (Å²) in [7, 11) is -0.301. The smallest absolute Gasteiger partial charge is 0.286 e. The number of nitrogens with zero attached hydrogens (tertiary/aromatic N) is 2. The van der Waals surface area contributed by atoms with E-state index in [1.165, 1.54) is 31.4 Å². The van der Waals surface area contributed by atoms with Crippen molar-refractivity contribution in [3.8, 4) is 11.5 Å². The number of rotatable bonds is 12. The summed E-state index contributed by atoms with van der Waals surface area (Å²) in [6.07, 6.45) is 0. The number of benzene rings is 3. The molecule has 0 aliphatic heterocycles. The highest BCUT2D eigenvalue weighted by Crippen LogP contribution is 2.32. The number of halogens is 1. The van der Waals surface area contributed by atoms with Crippen molar-refractivity contribution in [2.45, 2.75) is 49.6 Å². The highest BCUT2D eigenvalue weighted by Gasteiger charge is 2.23. The van der Waals surface area contributed by atoms with E-state index in [-0.39, 0.29) is 10.5 Å². The maximum absolute atomic E-state index is 13.0. The first kappa shape index (κ1) is 30.1. The zero-order valence-electron chi connectivity index (χ0n) is 22.5. The number of carbonyl (C=O) groups excluding carboxylic acids is 1. The second-order valence-electron chi connectivity index (χ2n) is 9.26. The van der Waals surface area contributed by atoms with Gasteiger partial charge in [-0.15, -0.1) is 0 Å². The number of hydrogen-bond acceptors (Lipinski definition) is 7. The van der Waals surface area contributed by atoms with Gasteiger partial charge in [-0.05, 0) is 76.2 Å². The van der Waals surface area contributed by atoms with Crippen molar-refractivity contribution in [1.29, 1.82) is 0 Å². The number of methoxy groups -OCH3 is 1. The number of anilines is 1. The van der Waals surface area contributed by atoms with Crippen LogP contribution in [0, 0.1) is 10.1 Å². The Morgan fingerprint density at radius 2 is 1.69 bits per heavy atom. The Balaban J connectivity index is 1.78. The third-order valence-corrected chi connectivity index (χ3v) is 7.70. The van der Waals surface area contributed by atoms with Crippen LogP contribution in [0.15, 0.2) is 70.5 Å². The lowest BCUT2D eigenvalue weighted by Crippen LogP contribution is -2.39. The van der Waals surface area contributed by atoms with Crippen LogP contribution in [0.1, 0.15) is 38.1 Å². The second kappa shape index (κ2) is 13.5. The molecule has 0 saturated heterocycles. The van der Waals surface area contributed by atoms with Gasteiger partial charge >= 0.3 is 0 Å². The van der Waals surface area contributed by atoms with Crippen molar-refractivity contribution in [2.24, 2.45) is 0 Å². The molecule has 39 heavy (non-hydrogen) atoms. The minimum Gasteiger partial charge on any atom is -0.493 e. The normalized spacial score (nSPS) is 12.0. The lowest BCUT2D eigenvalue weighted by atomic mass is 10.2. The molecule has 0 aliphatic rings. The summed E-state index contributed by atoms with van der Waals surface area (Å²) in [6, 6.07) is 15.7. The van der Waals surface area contributed by atoms with Crippen LogP contribution in [0.5, 0.6) is 11.5 Å². The zero-order valence-corrected chi connectivity index (χ0v) is 24.0. The lowest BCUT2D eigenvalue weighted by molar-refractivity contribution is -0.387. The fraction of sp³-hybridized carbons (Fsp3) is 0.321. The maximum atomic E-state index is 13.0. The molecule has 3 aromatic carbocycles. The van der Waals surface area contributed by atoms with E-state index < -0.39 is 27.3 Å². The Morgan fingerprint density at radius 3 is 2.28 bits per heavy atom. The molecule has 1 amide bonds. The van der Waals surface area contributed by atoms with Crippen LogP contribution in [-0.4, -0.2) is 52.3 Å². The highest BCUT2D eigenvalue weighted by molar-refractivity contribution is 7.85. The SMILES string of the molecule is COc1ccc(NC(=O)c2ccc(S(=O)c3ccc(Cl)cc3)c([N+](=O)[O-])c2)cc1OCCN(C(C)C)C(C)C. The first-order valence-electron chi connectivity index (χ1n) is 12.4. The summed E-state index contributed by atoms with van der Waals surface area (Å²) in [5, 5.41) is 15.0. The van der Waals surface area contributed by atoms with Crippen molar-refractivity contribution >= 4 is 39.7 Å². The predicted octanol–water partition coefficient (Wildman–Crippen LogP) is 6.17. The van der Waals surface area contributed by atoms with Gasteiger partial charge in [0.1, 0.15) is 11.5 Å². The molecule has 0 aliphatic carbocycles. The second-order valence-corrected chi connectivity index (χ2v) is 11.1. The van der Waals surface area contributed by atoms with Gasteiger partial charge in [0.15, 0.2) is 11.5 Å². The van der Waals surface area contributed by atoms with Crippen LogP contribution in [0.3, 0.4) is 0 Å². The fourth-order valence-corrected chi connectivity index (χ4v) is 5.37. The van der Waals surface area contributed by atoms with Crippen molar-refractivity contribution in [1.82, 2.24) is 4.90 Å². The molecule has 1 N–H and O–H groups in total. The van der Waals surface area contributed by atoms with Crippen LogP contribution < -0.4 is 14.8 Å². The Kier molecular flexibility index (Phi) is 10.4. The van der Waals surface area contributed by atoms with Crippen LogP contribution in [0.25, 0.3) is 0 Å². The first-order valence-corrected chi connectivity index (χ1v) is 13.9. The summed E-state index contributed by atoms with van der Waals surface area (Å²) in [6.45, 7) is 9.64. The standard InChI is InChI=1S/C28H32ClN3O6S/c1-18(2)31(19(3)4)14-15-38-26-17-22(9-12-25(26)37-5)30-28(33)20-6-13-27(24(16-20)32(34)35)39(36)23-10-7-21(29)8-11-23/h6-13,16-19H,14-15H2,1-5H3,(H,30,33). The van der Waals surface area contributed by atoms with E-state index in [1.54, 1.807) is 30.3 Å². The molecule has 0 heterocycles. The molecule has 3 aromatic rings. The molecule has 0 saturated carbocycles. The number of amides is 1. The number of nitro groups is 1. The van der Waals surface area contributed by atoms with Gasteiger partial charge in [-0.2, -0.15) is 0 Å². The Bertz CT molecular complexity index is 1340. The molecule has 11 heteroatoms. The summed E-state index contributed by atoms with van der Waals surface area (Å²) in [5.74, 6) is 0.407. The van der Waals surface area contributed by atoms with Gasteiger partial charge in [0, 0.05) is 51.9 Å². The molecule has 3 rings (SSSR count). The van der Waals surface area contributed by atoms with Crippen molar-refractivity contribution in [2.75, 3.05) is 25.6 Å². The average Bonchev–Trinajstić information content (AvgIpc) is 2.90. The third kappa shape index (κ3) is 7.78. The third-order valence-electron chi connectivity index (χ3n) is 6.00. The average molecular weight is 574 g/mol. The van der Waals surface area contributed by atoms with Gasteiger partial charge < -0.3 is 14.8 Å². The molecule has 0 fully saturated rings. The minimum absolute atomic E-state index is 0.0177. The van der Waals surface area contributed by atoms with Gasteiger partial charge in [-0.25, -0.2) is 4.21 Å². The Hall–Kier alpha value is -3.47. The van der Waals surface area contributed by atoms with E-state index in [9.17, 15) is 19.1 Å². The summed E-state index contributed by atoms with van der Waals surface area (Å²) >= 11 is 5.88. The Labute approximate surface area is 235 Å². The summed E-state index contributed by atoms with van der Waals surface area (Å²) in [4.78, 5) is 26.8. The summed E-state index contributed by atoms with van der Waals surface area (Å²) in [5.41, 5.74) is 0.0488. The monoisotopic (exact) mass is 573 g/mol. The van der Waals surface area contributed by atoms with Crippen LogP contribution in [0.2, 0.25) is 5.02 Å². The topological polar surface area (TPSA) is 111 Å². The van der Waals surface area contributed by atoms with E-state index >= 15 is 0 Å². The number of nitrogens with one attached hydrogen (secondary N) is 1. The van der Waals surface area contributed by atoms with Gasteiger partial charge in [-0.1, -0.05) is 11.6 Å². The lowest BCUT2D eigenvalue weighted by Gasteiger charge is -2.30. The molecule has 9 nitrogen and oxygen atoms in total. The van der Waals surface area contributed by atoms with Gasteiger partial charge in [0.05, 0.1) is 22.8 Å². The number of carbonyl (C=O) groups is 1. The van der Waals surface area contributed by atoms with Gasteiger partial charge in [-0.3, -0.25) is 19.8 Å². The van der Waals surface area contributed by atoms with Crippen LogP contribution in [0.4, 0.5) is 11.4 Å². The van der Waals surface area contributed by atoms with E-state index in [1.807, 2.05) is 0 Å². The van der Waals surface area contributed by atoms with Gasteiger partial charge in [0.25, 0.3) is 11.6 Å². The number of nitro benzene ring substituents is 1. The largest absolute Gasteiger partial charge is 0.493 e. The van der Waals surface area contributed by atoms with E-state index in [0.717, 1.165) is 6.07 Å². The fourth-order valence-electron chi connectivity index (χ4n) is 4.09. The molecule has 1 atom stereocenters. The molecular formula is C28H32ClN3O6S. The quantitative estimate of drug-likeness (QED) is 0.204. The minimum atomic E-state index is -1.83. The molecule has 208 valence electrons. The number of ether oxygens (including phenoxy) is 2. The number of hydrogen-bond donors (Lipinski definition) is 1. The maximum Gasteiger partial charge on any atom is 0.286 e. The van der Waals surface area contributed by atoms with E-state index in [0.29, 0.717) is 52.3 Å². The van der Waals surface area contributed by atoms with Crippen LogP contribution in [-0.2, 0) is 10.8 Å². The molecule has 0 spiro atoms. The first-order chi connectivity index (χ1) is 18.5. The predicted molar refractivity (Wildman–Crippen MR) is 153 cm³/mol. The van der Waals surface area contributed by atoms with Crippen molar-refractivity contribution in [3.05, 3.63) is 81.4 Å².